The summed E-state index contributed by atoms with van der Waals surface area (Å²) in [5.74, 6) is 0. The van der Waals surface area contributed by atoms with Crippen LogP contribution in [0.3, 0.4) is 0 Å². The number of nitrogens with zero attached hydrogens (tertiary/aromatic N) is 2. The van der Waals surface area contributed by atoms with E-state index in [1.54, 1.807) is 48.5 Å². The molecule has 0 aliphatic carbocycles. The molecular formula is C14H11ClN2O2S. The topological polar surface area (TPSA) is 58.9 Å². The molecule has 0 radical (unpaired) electrons. The molecule has 0 aromatic heterocycles. The monoisotopic (exact) mass is 306 g/mol. The van der Waals surface area contributed by atoms with E-state index in [0.717, 1.165) is 0 Å². The number of hydrogen-bond donors (Lipinski definition) is 0. The van der Waals surface area contributed by atoms with Gasteiger partial charge in [-0.05, 0) is 23.3 Å². The van der Waals surface area contributed by atoms with Crippen LogP contribution in [0, 0.1) is 0 Å². The molecule has 0 fully saturated rings. The van der Waals surface area contributed by atoms with Crippen molar-refractivity contribution in [3.05, 3.63) is 70.7 Å². The molecule has 102 valence electrons. The SMILES string of the molecule is O=S(=O)(/N=C/c1ccccc1)/N=C/c1ccc(Cl)cc1. The largest absolute Gasteiger partial charge is 0.362 e. The molecule has 0 saturated heterocycles. The maximum atomic E-state index is 11.6. The van der Waals surface area contributed by atoms with Crippen molar-refractivity contribution in [3.8, 4) is 0 Å². The van der Waals surface area contributed by atoms with E-state index in [2.05, 4.69) is 8.80 Å². The molecule has 0 aliphatic rings. The zero-order valence-electron chi connectivity index (χ0n) is 10.3. The minimum atomic E-state index is -3.88. The summed E-state index contributed by atoms with van der Waals surface area (Å²) in [6, 6.07) is 15.6. The van der Waals surface area contributed by atoms with Gasteiger partial charge < -0.3 is 0 Å². The molecule has 2 aromatic rings. The molecule has 0 heterocycles. The van der Waals surface area contributed by atoms with Gasteiger partial charge in [-0.3, -0.25) is 0 Å². The van der Waals surface area contributed by atoms with Crippen LogP contribution in [0.1, 0.15) is 11.1 Å². The van der Waals surface area contributed by atoms with Crippen LogP contribution >= 0.6 is 11.6 Å². The van der Waals surface area contributed by atoms with Gasteiger partial charge in [-0.15, -0.1) is 0 Å². The van der Waals surface area contributed by atoms with Crippen molar-refractivity contribution in [1.29, 1.82) is 0 Å². The minimum absolute atomic E-state index is 0.576. The summed E-state index contributed by atoms with van der Waals surface area (Å²) in [4.78, 5) is 0. The Hall–Kier alpha value is -1.98. The number of halogens is 1. The van der Waals surface area contributed by atoms with E-state index in [1.165, 1.54) is 12.4 Å². The second-order valence-electron chi connectivity index (χ2n) is 3.88. The lowest BCUT2D eigenvalue weighted by Crippen LogP contribution is -1.93. The summed E-state index contributed by atoms with van der Waals surface area (Å²) in [7, 11) is -3.88. The Bertz CT molecular complexity index is 724. The van der Waals surface area contributed by atoms with Gasteiger partial charge in [-0.25, -0.2) is 0 Å². The second-order valence-corrected chi connectivity index (χ2v) is 5.63. The zero-order valence-corrected chi connectivity index (χ0v) is 11.9. The Balaban J connectivity index is 2.11. The van der Waals surface area contributed by atoms with Crippen LogP contribution in [0.5, 0.6) is 0 Å². The summed E-state index contributed by atoms with van der Waals surface area (Å²) >= 11 is 5.73. The van der Waals surface area contributed by atoms with Crippen LogP contribution in [-0.4, -0.2) is 20.8 Å². The molecule has 4 nitrogen and oxygen atoms in total. The van der Waals surface area contributed by atoms with Crippen LogP contribution < -0.4 is 0 Å². The summed E-state index contributed by atoms with van der Waals surface area (Å²) in [6.07, 6.45) is 2.49. The van der Waals surface area contributed by atoms with E-state index in [4.69, 9.17) is 11.6 Å². The van der Waals surface area contributed by atoms with Crippen molar-refractivity contribution < 1.29 is 8.42 Å². The highest BCUT2D eigenvalue weighted by Gasteiger charge is 2.01. The van der Waals surface area contributed by atoms with Crippen molar-refractivity contribution in [2.45, 2.75) is 0 Å². The first-order valence-electron chi connectivity index (χ1n) is 5.71. The van der Waals surface area contributed by atoms with Gasteiger partial charge in [0.2, 0.25) is 0 Å². The van der Waals surface area contributed by atoms with Crippen LogP contribution in [0.2, 0.25) is 5.02 Å². The van der Waals surface area contributed by atoms with Gasteiger partial charge in [0.15, 0.2) is 0 Å². The molecule has 0 unspecified atom stereocenters. The molecule has 20 heavy (non-hydrogen) atoms. The van der Waals surface area contributed by atoms with Gasteiger partial charge in [-0.2, -0.15) is 17.2 Å². The van der Waals surface area contributed by atoms with Crippen LogP contribution in [0.4, 0.5) is 0 Å². The van der Waals surface area contributed by atoms with Crippen molar-refractivity contribution in [1.82, 2.24) is 0 Å². The molecule has 0 amide bonds. The second kappa shape index (κ2) is 6.45. The maximum absolute atomic E-state index is 11.6. The predicted octanol–water partition coefficient (Wildman–Crippen LogP) is 3.12. The zero-order chi connectivity index (χ0) is 14.4. The minimum Gasteiger partial charge on any atom is -0.179 e. The van der Waals surface area contributed by atoms with E-state index in [1.807, 2.05) is 6.07 Å². The number of hydrogen-bond acceptors (Lipinski definition) is 2. The van der Waals surface area contributed by atoms with E-state index in [9.17, 15) is 8.42 Å². The van der Waals surface area contributed by atoms with Crippen molar-refractivity contribution >= 4 is 34.2 Å². The molecule has 0 N–H and O–H groups in total. The highest BCUT2D eigenvalue weighted by molar-refractivity contribution is 7.89. The lowest BCUT2D eigenvalue weighted by atomic mass is 10.2. The first-order valence-corrected chi connectivity index (χ1v) is 7.49. The number of benzene rings is 2. The van der Waals surface area contributed by atoms with Gasteiger partial charge in [0.05, 0.1) is 0 Å². The lowest BCUT2D eigenvalue weighted by Gasteiger charge is -1.93. The molecule has 0 bridgehead atoms. The normalized spacial score (nSPS) is 12.2. The van der Waals surface area contributed by atoms with Crippen LogP contribution in [0.25, 0.3) is 0 Å². The molecule has 2 aromatic carbocycles. The van der Waals surface area contributed by atoms with Crippen LogP contribution in [0.15, 0.2) is 63.4 Å². The molecule has 0 aliphatic heterocycles. The molecule has 6 heteroatoms. The highest BCUT2D eigenvalue weighted by Crippen LogP contribution is 2.08. The standard InChI is InChI=1S/C14H11ClN2O2S/c15-14-8-6-13(7-9-14)11-17-20(18,19)16-10-12-4-2-1-3-5-12/h1-11H/b16-10+,17-11+. The third-order valence-electron chi connectivity index (χ3n) is 2.34. The molecule has 0 atom stereocenters. The van der Waals surface area contributed by atoms with Gasteiger partial charge in [-0.1, -0.05) is 54.1 Å². The fourth-order valence-electron chi connectivity index (χ4n) is 1.37. The van der Waals surface area contributed by atoms with Gasteiger partial charge in [0.1, 0.15) is 0 Å². The summed E-state index contributed by atoms with van der Waals surface area (Å²) in [5.41, 5.74) is 1.32. The average Bonchev–Trinajstić information content (AvgIpc) is 2.46. The Morgan fingerprint density at radius 3 is 1.85 bits per heavy atom. The summed E-state index contributed by atoms with van der Waals surface area (Å²) in [6.45, 7) is 0. The molecular weight excluding hydrogens is 296 g/mol. The van der Waals surface area contributed by atoms with Gasteiger partial charge in [0.25, 0.3) is 0 Å². The van der Waals surface area contributed by atoms with Gasteiger partial charge >= 0.3 is 10.2 Å². The third kappa shape index (κ3) is 4.60. The summed E-state index contributed by atoms with van der Waals surface area (Å²) < 4.78 is 30.2. The van der Waals surface area contributed by atoms with Crippen molar-refractivity contribution in [2.75, 3.05) is 0 Å². The average molecular weight is 307 g/mol. The third-order valence-corrected chi connectivity index (χ3v) is 3.34. The van der Waals surface area contributed by atoms with Crippen molar-refractivity contribution in [2.24, 2.45) is 8.80 Å². The fourth-order valence-corrected chi connectivity index (χ4v) is 2.06. The fraction of sp³-hybridized carbons (Fsp3) is 0. The van der Waals surface area contributed by atoms with E-state index >= 15 is 0 Å². The first-order chi connectivity index (χ1) is 9.55. The highest BCUT2D eigenvalue weighted by atomic mass is 35.5. The van der Waals surface area contributed by atoms with E-state index < -0.39 is 10.2 Å². The Morgan fingerprint density at radius 2 is 1.30 bits per heavy atom. The Morgan fingerprint density at radius 1 is 0.800 bits per heavy atom. The van der Waals surface area contributed by atoms with Crippen LogP contribution in [-0.2, 0) is 10.2 Å². The van der Waals surface area contributed by atoms with Crippen molar-refractivity contribution in [3.63, 3.8) is 0 Å². The quantitative estimate of drug-likeness (QED) is 0.815. The van der Waals surface area contributed by atoms with E-state index in [-0.39, 0.29) is 0 Å². The van der Waals surface area contributed by atoms with E-state index in [0.29, 0.717) is 16.1 Å². The summed E-state index contributed by atoms with van der Waals surface area (Å²) in [5, 5.41) is 0.576. The predicted molar refractivity (Wildman–Crippen MR) is 82.0 cm³/mol. The first kappa shape index (κ1) is 14.4. The van der Waals surface area contributed by atoms with Gasteiger partial charge in [0, 0.05) is 17.5 Å². The lowest BCUT2D eigenvalue weighted by molar-refractivity contribution is 0.600. The smallest absolute Gasteiger partial charge is 0.179 e. The Labute approximate surface area is 122 Å². The molecule has 0 spiro atoms. The maximum Gasteiger partial charge on any atom is 0.362 e. The number of rotatable bonds is 4. The molecule has 2 rings (SSSR count). The Kier molecular flexibility index (Phi) is 4.65. The molecule has 0 saturated carbocycles.